The fraction of sp³-hybridized carbons (Fsp3) is 0.176. The van der Waals surface area contributed by atoms with Gasteiger partial charge in [-0.1, -0.05) is 0 Å². The molecule has 1 heterocycles. The van der Waals surface area contributed by atoms with E-state index in [0.29, 0.717) is 22.7 Å². The highest BCUT2D eigenvalue weighted by molar-refractivity contribution is 6.06. The Morgan fingerprint density at radius 1 is 1.21 bits per heavy atom. The largest absolute Gasteiger partial charge is 0.479 e. The third-order valence-corrected chi connectivity index (χ3v) is 3.80. The van der Waals surface area contributed by atoms with Gasteiger partial charge in [-0.05, 0) is 44.2 Å². The van der Waals surface area contributed by atoms with Crippen LogP contribution in [0.1, 0.15) is 24.2 Å². The predicted octanol–water partition coefficient (Wildman–Crippen LogP) is 3.24. The molecule has 0 aliphatic carbocycles. The summed E-state index contributed by atoms with van der Waals surface area (Å²) in [6.45, 7) is 3.07. The number of nitro benzene ring substituents is 1. The van der Waals surface area contributed by atoms with E-state index in [2.05, 4.69) is 0 Å². The standard InChI is InChI=1S/C17H14N2O5/c1-10(20)12-3-5-13(6-4-12)18-15-9-14(19(22)23)7-8-16(15)24-11(2)17(18)21/h3-9,11H,1-2H3. The zero-order chi connectivity index (χ0) is 17.4. The van der Waals surface area contributed by atoms with Crippen molar-refractivity contribution in [2.24, 2.45) is 0 Å². The van der Waals surface area contributed by atoms with Crippen molar-refractivity contribution in [3.63, 3.8) is 0 Å². The molecular weight excluding hydrogens is 312 g/mol. The van der Waals surface area contributed by atoms with Crippen LogP contribution in [0.5, 0.6) is 5.75 Å². The van der Waals surface area contributed by atoms with Crippen molar-refractivity contribution in [1.82, 2.24) is 0 Å². The first-order valence-corrected chi connectivity index (χ1v) is 7.28. The molecule has 1 atom stereocenters. The average Bonchev–Trinajstić information content (AvgIpc) is 2.55. The quantitative estimate of drug-likeness (QED) is 0.490. The van der Waals surface area contributed by atoms with Gasteiger partial charge in [0.25, 0.3) is 11.6 Å². The Kier molecular flexibility index (Phi) is 3.76. The van der Waals surface area contributed by atoms with Crippen molar-refractivity contribution in [2.75, 3.05) is 4.90 Å². The molecule has 0 N–H and O–H groups in total. The first kappa shape index (κ1) is 15.7. The predicted molar refractivity (Wildman–Crippen MR) is 86.8 cm³/mol. The SMILES string of the molecule is CC(=O)c1ccc(N2C(=O)C(C)Oc3ccc([N+](=O)[O-])cc32)cc1. The monoisotopic (exact) mass is 326 g/mol. The van der Waals surface area contributed by atoms with E-state index in [4.69, 9.17) is 4.74 Å². The number of anilines is 2. The zero-order valence-electron chi connectivity index (χ0n) is 13.1. The van der Waals surface area contributed by atoms with Gasteiger partial charge in [0, 0.05) is 23.4 Å². The Morgan fingerprint density at radius 2 is 1.88 bits per heavy atom. The Hall–Kier alpha value is -3.22. The van der Waals surface area contributed by atoms with E-state index in [9.17, 15) is 19.7 Å². The van der Waals surface area contributed by atoms with Crippen molar-refractivity contribution in [1.29, 1.82) is 0 Å². The highest BCUT2D eigenvalue weighted by Gasteiger charge is 2.33. The van der Waals surface area contributed by atoms with Crippen LogP contribution in [0.3, 0.4) is 0 Å². The van der Waals surface area contributed by atoms with Gasteiger partial charge in [-0.25, -0.2) is 0 Å². The first-order chi connectivity index (χ1) is 11.4. The van der Waals surface area contributed by atoms with Gasteiger partial charge in [-0.3, -0.25) is 24.6 Å². The molecule has 1 unspecified atom stereocenters. The molecule has 0 bridgehead atoms. The van der Waals surface area contributed by atoms with Gasteiger partial charge in [0.2, 0.25) is 0 Å². The lowest BCUT2D eigenvalue weighted by molar-refractivity contribution is -0.384. The van der Waals surface area contributed by atoms with Gasteiger partial charge in [0.15, 0.2) is 11.9 Å². The first-order valence-electron chi connectivity index (χ1n) is 7.28. The number of non-ortho nitro benzene ring substituents is 1. The molecule has 0 saturated carbocycles. The van der Waals surface area contributed by atoms with E-state index in [1.54, 1.807) is 31.2 Å². The molecule has 0 radical (unpaired) electrons. The molecule has 2 aromatic rings. The number of carbonyl (C=O) groups is 2. The van der Waals surface area contributed by atoms with E-state index in [1.165, 1.54) is 30.0 Å². The number of carbonyl (C=O) groups excluding carboxylic acids is 2. The number of nitrogens with zero attached hydrogens (tertiary/aromatic N) is 2. The van der Waals surface area contributed by atoms with Crippen LogP contribution in [0.15, 0.2) is 42.5 Å². The second kappa shape index (κ2) is 5.77. The maximum Gasteiger partial charge on any atom is 0.272 e. The Balaban J connectivity index is 2.12. The maximum atomic E-state index is 12.6. The fourth-order valence-corrected chi connectivity index (χ4v) is 2.55. The van der Waals surface area contributed by atoms with E-state index < -0.39 is 11.0 Å². The van der Waals surface area contributed by atoms with Gasteiger partial charge >= 0.3 is 0 Å². The van der Waals surface area contributed by atoms with Gasteiger partial charge in [-0.2, -0.15) is 0 Å². The summed E-state index contributed by atoms with van der Waals surface area (Å²) in [4.78, 5) is 35.8. The number of rotatable bonds is 3. The van der Waals surface area contributed by atoms with Crippen LogP contribution in [0.2, 0.25) is 0 Å². The number of hydrogen-bond donors (Lipinski definition) is 0. The third kappa shape index (κ3) is 2.60. The van der Waals surface area contributed by atoms with Crippen molar-refractivity contribution < 1.29 is 19.2 Å². The number of ether oxygens (including phenoxy) is 1. The van der Waals surface area contributed by atoms with Crippen LogP contribution in [0.25, 0.3) is 0 Å². The van der Waals surface area contributed by atoms with Crippen LogP contribution < -0.4 is 9.64 Å². The summed E-state index contributed by atoms with van der Waals surface area (Å²) in [6, 6.07) is 10.6. The molecule has 3 rings (SSSR count). The normalized spacial score (nSPS) is 16.3. The van der Waals surface area contributed by atoms with Gasteiger partial charge in [0.05, 0.1) is 10.6 Å². The van der Waals surface area contributed by atoms with Gasteiger partial charge < -0.3 is 4.74 Å². The van der Waals surface area contributed by atoms with E-state index in [0.717, 1.165) is 0 Å². The minimum Gasteiger partial charge on any atom is -0.479 e. The number of benzene rings is 2. The summed E-state index contributed by atoms with van der Waals surface area (Å²) < 4.78 is 5.52. The summed E-state index contributed by atoms with van der Waals surface area (Å²) in [5, 5.41) is 11.0. The molecule has 122 valence electrons. The molecule has 2 aromatic carbocycles. The number of amides is 1. The molecule has 24 heavy (non-hydrogen) atoms. The van der Waals surface area contributed by atoms with Crippen molar-refractivity contribution in [3.05, 3.63) is 58.1 Å². The highest BCUT2D eigenvalue weighted by atomic mass is 16.6. The Labute approximate surface area is 137 Å². The summed E-state index contributed by atoms with van der Waals surface area (Å²) >= 11 is 0. The highest BCUT2D eigenvalue weighted by Crippen LogP contribution is 2.40. The van der Waals surface area contributed by atoms with Crippen LogP contribution in [0.4, 0.5) is 17.1 Å². The third-order valence-electron chi connectivity index (χ3n) is 3.80. The lowest BCUT2D eigenvalue weighted by Gasteiger charge is -2.32. The number of fused-ring (bicyclic) bond motifs is 1. The average molecular weight is 326 g/mol. The Bertz CT molecular complexity index is 845. The van der Waals surface area contributed by atoms with E-state index >= 15 is 0 Å². The zero-order valence-corrected chi connectivity index (χ0v) is 13.1. The summed E-state index contributed by atoms with van der Waals surface area (Å²) in [6.07, 6.45) is -0.716. The molecule has 1 amide bonds. The van der Waals surface area contributed by atoms with Crippen molar-refractivity contribution >= 4 is 28.8 Å². The van der Waals surface area contributed by atoms with Gasteiger partial charge in [-0.15, -0.1) is 0 Å². The number of Topliss-reactive ketones (excluding diaryl/α,β-unsaturated/α-hetero) is 1. The van der Waals surface area contributed by atoms with Crippen molar-refractivity contribution in [2.45, 2.75) is 20.0 Å². The van der Waals surface area contributed by atoms with Crippen molar-refractivity contribution in [3.8, 4) is 5.75 Å². The summed E-state index contributed by atoms with van der Waals surface area (Å²) in [7, 11) is 0. The second-order valence-corrected chi connectivity index (χ2v) is 5.45. The molecule has 1 aliphatic rings. The number of nitro groups is 1. The van der Waals surface area contributed by atoms with Gasteiger partial charge in [0.1, 0.15) is 5.75 Å². The number of hydrogen-bond acceptors (Lipinski definition) is 5. The van der Waals surface area contributed by atoms with Crippen LogP contribution in [0, 0.1) is 10.1 Å². The number of ketones is 1. The molecule has 1 aliphatic heterocycles. The van der Waals surface area contributed by atoms with Crippen LogP contribution in [-0.4, -0.2) is 22.7 Å². The van der Waals surface area contributed by atoms with E-state index in [1.807, 2.05) is 0 Å². The van der Waals surface area contributed by atoms with E-state index in [-0.39, 0.29) is 17.4 Å². The molecule has 7 nitrogen and oxygen atoms in total. The lowest BCUT2D eigenvalue weighted by Crippen LogP contribution is -2.41. The lowest BCUT2D eigenvalue weighted by atomic mass is 10.1. The molecule has 0 fully saturated rings. The molecule has 0 spiro atoms. The molecule has 7 heteroatoms. The minimum atomic E-state index is -0.716. The summed E-state index contributed by atoms with van der Waals surface area (Å²) in [5.41, 5.74) is 1.21. The van der Waals surface area contributed by atoms with Crippen LogP contribution >= 0.6 is 0 Å². The van der Waals surface area contributed by atoms with Crippen LogP contribution in [-0.2, 0) is 4.79 Å². The fourth-order valence-electron chi connectivity index (χ4n) is 2.55. The molecule has 0 aromatic heterocycles. The topological polar surface area (TPSA) is 89.8 Å². The summed E-state index contributed by atoms with van der Waals surface area (Å²) in [5.74, 6) is -0.0267. The maximum absolute atomic E-state index is 12.6. The molecular formula is C17H14N2O5. The second-order valence-electron chi connectivity index (χ2n) is 5.45. The molecule has 0 saturated heterocycles. The Morgan fingerprint density at radius 3 is 2.46 bits per heavy atom. The minimum absolute atomic E-state index is 0.0840. The smallest absolute Gasteiger partial charge is 0.272 e.